The third kappa shape index (κ3) is 8.06. The lowest BCUT2D eigenvalue weighted by Gasteiger charge is -2.00. The van der Waals surface area contributed by atoms with E-state index < -0.39 is 0 Å². The van der Waals surface area contributed by atoms with Crippen molar-refractivity contribution in [1.82, 2.24) is 20.8 Å². The van der Waals surface area contributed by atoms with Gasteiger partial charge >= 0.3 is 11.8 Å². The summed E-state index contributed by atoms with van der Waals surface area (Å²) in [7, 11) is 0. The molecule has 4 aromatic heterocycles. The molecule has 202 valence electrons. The zero-order chi connectivity index (χ0) is 27.1. The molecule has 0 fully saturated rings. The van der Waals surface area contributed by atoms with Crippen LogP contribution in [0.5, 0.6) is 0 Å². The third-order valence-corrected chi connectivity index (χ3v) is 8.01. The number of hydrogen-bond donors (Lipinski definition) is 2. The molecule has 4 rings (SSSR count). The number of nitrogens with zero attached hydrogens (tertiary/aromatic N) is 6. The lowest BCUT2D eigenvalue weighted by molar-refractivity contribution is -0.684. The Kier molecular flexibility index (Phi) is 10.5. The Balaban J connectivity index is 0.00000420. The molecule has 10 nitrogen and oxygen atoms in total. The van der Waals surface area contributed by atoms with Crippen molar-refractivity contribution in [2.75, 3.05) is 0 Å². The number of hydrazone groups is 2. The predicted molar refractivity (Wildman–Crippen MR) is 147 cm³/mol. The molecule has 0 aliphatic rings. The summed E-state index contributed by atoms with van der Waals surface area (Å²) < 4.78 is 3.55. The molecule has 0 radical (unpaired) electrons. The number of aromatic nitrogens is 4. The first-order chi connectivity index (χ1) is 18.3. The average molecular weight is 584 g/mol. The number of pyridine rings is 2. The molecule has 4 heterocycles. The second kappa shape index (κ2) is 13.8. The highest BCUT2D eigenvalue weighted by atomic mass is 35.5. The Labute approximate surface area is 240 Å². The minimum atomic E-state index is -0.215. The Bertz CT molecular complexity index is 1390. The quantitative estimate of drug-likeness (QED) is 0.158. The van der Waals surface area contributed by atoms with Gasteiger partial charge in [-0.15, -0.1) is 22.7 Å². The maximum absolute atomic E-state index is 12.3. The largest absolute Gasteiger partial charge is 1.00 e. The number of nitrogens with one attached hydrogen (secondary N) is 2. The number of carbonyl (C=O) groups excluding carboxylic acids is 2. The number of thiazole rings is 2. The van der Waals surface area contributed by atoms with Crippen LogP contribution in [-0.2, 0) is 22.7 Å². The van der Waals surface area contributed by atoms with Crippen molar-refractivity contribution in [3.63, 3.8) is 0 Å². The van der Waals surface area contributed by atoms with Gasteiger partial charge in [0.25, 0.3) is 0 Å². The zero-order valence-corrected chi connectivity index (χ0v) is 24.3. The normalized spacial score (nSPS) is 11.6. The second-order valence-corrected chi connectivity index (χ2v) is 10.4. The summed E-state index contributed by atoms with van der Waals surface area (Å²) in [6.07, 6.45) is 7.29. The maximum Gasteiger partial charge on any atom is 0.305 e. The van der Waals surface area contributed by atoms with Crippen LogP contribution in [0.2, 0.25) is 0 Å². The molecule has 0 aliphatic carbocycles. The van der Waals surface area contributed by atoms with Crippen molar-refractivity contribution in [3.8, 4) is 10.0 Å². The minimum absolute atomic E-state index is 0. The van der Waals surface area contributed by atoms with E-state index in [0.29, 0.717) is 11.4 Å². The van der Waals surface area contributed by atoms with Gasteiger partial charge in [0.15, 0.2) is 34.8 Å². The molecular formula is C26H28ClN8O2S2+. The van der Waals surface area contributed by atoms with Crippen LogP contribution in [-0.4, -0.2) is 33.2 Å². The first-order valence-electron chi connectivity index (χ1n) is 11.8. The molecule has 0 aliphatic heterocycles. The van der Waals surface area contributed by atoms with Crippen LogP contribution in [0.3, 0.4) is 0 Å². The average Bonchev–Trinajstić information content (AvgIpc) is 3.49. The number of carbonyl (C=O) groups is 2. The van der Waals surface area contributed by atoms with Crippen molar-refractivity contribution in [1.29, 1.82) is 0 Å². The van der Waals surface area contributed by atoms with Gasteiger partial charge in [0.1, 0.15) is 0 Å². The molecule has 0 unspecified atom stereocenters. The van der Waals surface area contributed by atoms with Crippen molar-refractivity contribution >= 4 is 45.9 Å². The van der Waals surface area contributed by atoms with Crippen LogP contribution in [0, 0.1) is 13.8 Å². The van der Waals surface area contributed by atoms with Crippen molar-refractivity contribution in [2.24, 2.45) is 10.2 Å². The van der Waals surface area contributed by atoms with Crippen molar-refractivity contribution in [2.45, 2.75) is 40.8 Å². The predicted octanol–water partition coefficient (Wildman–Crippen LogP) is -0.457. The van der Waals surface area contributed by atoms with Crippen LogP contribution >= 0.6 is 22.7 Å². The minimum Gasteiger partial charge on any atom is -1.00 e. The molecule has 0 aromatic carbocycles. The Morgan fingerprint density at radius 2 is 1.08 bits per heavy atom. The molecule has 4 aromatic rings. The van der Waals surface area contributed by atoms with Crippen molar-refractivity contribution in [3.05, 3.63) is 82.3 Å². The summed E-state index contributed by atoms with van der Waals surface area (Å²) in [4.78, 5) is 35.6. The van der Waals surface area contributed by atoms with E-state index in [1.165, 1.54) is 22.7 Å². The van der Waals surface area contributed by atoms with E-state index in [1.807, 2.05) is 88.9 Å². The second-order valence-electron chi connectivity index (χ2n) is 8.43. The molecule has 39 heavy (non-hydrogen) atoms. The van der Waals surface area contributed by atoms with E-state index in [-0.39, 0.29) is 37.3 Å². The van der Waals surface area contributed by atoms with Gasteiger partial charge in [0, 0.05) is 24.3 Å². The highest BCUT2D eigenvalue weighted by molar-refractivity contribution is 7.23. The fourth-order valence-electron chi connectivity index (χ4n) is 3.52. The van der Waals surface area contributed by atoms with E-state index in [0.717, 1.165) is 31.2 Å². The fraction of sp³-hybridized carbons (Fsp3) is 0.231. The zero-order valence-electron chi connectivity index (χ0n) is 21.9. The van der Waals surface area contributed by atoms with Gasteiger partial charge in [0.05, 0.1) is 32.6 Å². The van der Waals surface area contributed by atoms with Gasteiger partial charge < -0.3 is 12.4 Å². The van der Waals surface area contributed by atoms with Crippen LogP contribution in [0.4, 0.5) is 0 Å². The number of rotatable bonds is 9. The fourth-order valence-corrected chi connectivity index (χ4v) is 5.56. The monoisotopic (exact) mass is 583 g/mol. The van der Waals surface area contributed by atoms with Gasteiger partial charge in [-0.05, 0) is 27.7 Å². The summed E-state index contributed by atoms with van der Waals surface area (Å²) in [6.45, 7) is 7.85. The lowest BCUT2D eigenvalue weighted by atomic mass is 10.3. The molecule has 13 heteroatoms. The standard InChI is InChI=1S/C26H26N8O2S2.ClH/c1-17-23(19(3)29-31-21(35)15-33-11-7-5-8-12-33)37-25(27-17)26-28-18(2)24(38-26)20(4)30-32-22(36)16-34-13-9-6-10-14-34;/h5-14H,15-16H2,1-4H3;1H/p+1. The molecule has 0 saturated carbocycles. The SMILES string of the molecule is C/C(=N\NC(=O)C[n+]1ccccc1)c1sc(-c2nc(C)c(/C(C)=N/NC(=O)C[n+]3ccccc3)s2)nc1C.[Cl-]. The Morgan fingerprint density at radius 1 is 0.718 bits per heavy atom. The van der Waals surface area contributed by atoms with Crippen LogP contribution in [0.15, 0.2) is 71.4 Å². The summed E-state index contributed by atoms with van der Waals surface area (Å²) in [5.41, 5.74) is 8.19. The van der Waals surface area contributed by atoms with E-state index in [4.69, 9.17) is 0 Å². The number of hydrogen-bond acceptors (Lipinski definition) is 8. The first kappa shape index (κ1) is 29.7. The van der Waals surface area contributed by atoms with E-state index >= 15 is 0 Å². The Hall–Kier alpha value is -3.87. The Morgan fingerprint density at radius 3 is 1.44 bits per heavy atom. The highest BCUT2D eigenvalue weighted by Crippen LogP contribution is 2.33. The van der Waals surface area contributed by atoms with Gasteiger partial charge in [-0.25, -0.2) is 20.8 Å². The summed E-state index contributed by atoms with van der Waals surface area (Å²) >= 11 is 2.93. The molecule has 2 N–H and O–H groups in total. The van der Waals surface area contributed by atoms with Gasteiger partial charge in [-0.1, -0.05) is 12.1 Å². The van der Waals surface area contributed by atoms with Crippen molar-refractivity contribution < 1.29 is 31.1 Å². The first-order valence-corrected chi connectivity index (χ1v) is 13.4. The molecule has 0 atom stereocenters. The van der Waals surface area contributed by atoms with Crippen LogP contribution < -0.4 is 32.4 Å². The van der Waals surface area contributed by atoms with Crippen LogP contribution in [0.25, 0.3) is 10.0 Å². The van der Waals surface area contributed by atoms with Gasteiger partial charge in [-0.3, -0.25) is 9.59 Å². The number of amides is 2. The summed E-state index contributed by atoms with van der Waals surface area (Å²) in [6, 6.07) is 11.3. The lowest BCUT2D eigenvalue weighted by Crippen LogP contribution is -3.00. The number of halogens is 1. The summed E-state index contributed by atoms with van der Waals surface area (Å²) in [5, 5.41) is 10.1. The molecule has 0 bridgehead atoms. The van der Waals surface area contributed by atoms with Gasteiger partial charge in [-0.2, -0.15) is 19.3 Å². The van der Waals surface area contributed by atoms with Crippen LogP contribution in [0.1, 0.15) is 35.0 Å². The van der Waals surface area contributed by atoms with Gasteiger partial charge in [0.2, 0.25) is 13.1 Å². The molecule has 0 spiro atoms. The van der Waals surface area contributed by atoms with E-state index in [1.54, 1.807) is 9.13 Å². The molecule has 0 saturated heterocycles. The maximum atomic E-state index is 12.3. The van der Waals surface area contributed by atoms with E-state index in [9.17, 15) is 9.59 Å². The third-order valence-electron chi connectivity index (χ3n) is 5.34. The summed E-state index contributed by atoms with van der Waals surface area (Å²) in [5.74, 6) is -0.431. The number of aryl methyl sites for hydroxylation is 2. The van der Waals surface area contributed by atoms with E-state index in [2.05, 4.69) is 31.0 Å². The molecule has 2 amide bonds. The highest BCUT2D eigenvalue weighted by Gasteiger charge is 2.18. The molecular weight excluding hydrogens is 556 g/mol. The smallest absolute Gasteiger partial charge is 0.305 e. The topological polar surface area (TPSA) is 116 Å².